The zero-order chi connectivity index (χ0) is 24.6. The summed E-state index contributed by atoms with van der Waals surface area (Å²) in [6, 6.07) is 11.0. The highest BCUT2D eigenvalue weighted by molar-refractivity contribution is 5.69. The number of hydrogen-bond acceptors (Lipinski definition) is 4. The molecule has 1 saturated heterocycles. The number of ether oxygens (including phenoxy) is 1. The summed E-state index contributed by atoms with van der Waals surface area (Å²) in [7, 11) is 0. The Balaban J connectivity index is 1.80. The zero-order valence-corrected chi connectivity index (χ0v) is 22.0. The first-order chi connectivity index (χ1) is 15.1. The summed E-state index contributed by atoms with van der Waals surface area (Å²) < 4.78 is 5.53. The maximum Gasteiger partial charge on any atom is 0.410 e. The molecule has 1 amide bonds. The van der Waals surface area contributed by atoms with E-state index in [0.717, 1.165) is 30.0 Å². The van der Waals surface area contributed by atoms with Crippen LogP contribution in [0.15, 0.2) is 36.5 Å². The molecule has 2 aromatic rings. The van der Waals surface area contributed by atoms with Gasteiger partial charge in [-0.05, 0) is 60.9 Å². The molecule has 0 atom stereocenters. The third-order valence-electron chi connectivity index (χ3n) is 5.97. The van der Waals surface area contributed by atoms with Crippen LogP contribution < -0.4 is 4.90 Å². The molecule has 180 valence electrons. The maximum atomic E-state index is 12.4. The lowest BCUT2D eigenvalue weighted by molar-refractivity contribution is 0.0240. The van der Waals surface area contributed by atoms with Crippen LogP contribution >= 0.6 is 0 Å². The van der Waals surface area contributed by atoms with Gasteiger partial charge < -0.3 is 14.5 Å². The van der Waals surface area contributed by atoms with Crippen molar-refractivity contribution in [2.24, 2.45) is 0 Å². The molecule has 1 aromatic heterocycles. The fourth-order valence-electron chi connectivity index (χ4n) is 4.23. The van der Waals surface area contributed by atoms with Crippen LogP contribution in [0.25, 0.3) is 11.3 Å². The Morgan fingerprint density at radius 1 is 0.818 bits per heavy atom. The molecule has 0 radical (unpaired) electrons. The second kappa shape index (κ2) is 9.00. The highest BCUT2D eigenvalue weighted by atomic mass is 16.6. The molecular weight excluding hydrogens is 410 g/mol. The molecule has 2 heterocycles. The molecule has 1 aliphatic rings. The average molecular weight is 452 g/mol. The van der Waals surface area contributed by atoms with Crippen molar-refractivity contribution in [2.75, 3.05) is 31.1 Å². The number of benzene rings is 1. The van der Waals surface area contributed by atoms with Gasteiger partial charge in [-0.15, -0.1) is 0 Å². The number of anilines is 1. The Kier molecular flexibility index (Phi) is 6.84. The first-order valence-corrected chi connectivity index (χ1v) is 12.0. The number of piperazine rings is 1. The van der Waals surface area contributed by atoms with Crippen LogP contribution in [0.1, 0.15) is 73.4 Å². The summed E-state index contributed by atoms with van der Waals surface area (Å²) in [5, 5.41) is 0. The highest BCUT2D eigenvalue weighted by Gasteiger charge is 2.27. The van der Waals surface area contributed by atoms with Gasteiger partial charge in [0.1, 0.15) is 5.60 Å². The molecule has 5 nitrogen and oxygen atoms in total. The molecule has 0 aliphatic carbocycles. The second-order valence-electron chi connectivity index (χ2n) is 12.1. The first-order valence-electron chi connectivity index (χ1n) is 12.0. The van der Waals surface area contributed by atoms with E-state index >= 15 is 0 Å². The van der Waals surface area contributed by atoms with Gasteiger partial charge in [0.05, 0.1) is 5.69 Å². The molecule has 33 heavy (non-hydrogen) atoms. The van der Waals surface area contributed by atoms with Crippen molar-refractivity contribution in [1.82, 2.24) is 9.88 Å². The van der Waals surface area contributed by atoms with Gasteiger partial charge >= 0.3 is 6.09 Å². The highest BCUT2D eigenvalue weighted by Crippen LogP contribution is 2.36. The van der Waals surface area contributed by atoms with Gasteiger partial charge in [0.2, 0.25) is 0 Å². The molecule has 3 rings (SSSR count). The Labute approximate surface area is 200 Å². The number of aromatic nitrogens is 1. The van der Waals surface area contributed by atoms with Crippen molar-refractivity contribution in [3.8, 4) is 11.3 Å². The summed E-state index contributed by atoms with van der Waals surface area (Å²) in [4.78, 5) is 21.2. The second-order valence-corrected chi connectivity index (χ2v) is 12.1. The summed E-state index contributed by atoms with van der Waals surface area (Å²) in [5.74, 6) is 0. The molecule has 1 aromatic carbocycles. The van der Waals surface area contributed by atoms with Crippen LogP contribution in [0.3, 0.4) is 0 Å². The minimum absolute atomic E-state index is 0.0498. The van der Waals surface area contributed by atoms with E-state index < -0.39 is 5.60 Å². The number of hydrogen-bond donors (Lipinski definition) is 0. The number of rotatable bonds is 2. The third kappa shape index (κ3) is 6.27. The third-order valence-corrected chi connectivity index (χ3v) is 5.97. The van der Waals surface area contributed by atoms with E-state index in [1.54, 1.807) is 4.90 Å². The number of carbonyl (C=O) groups excluding carboxylic acids is 1. The van der Waals surface area contributed by atoms with Gasteiger partial charge in [0.15, 0.2) is 0 Å². The molecule has 5 heteroatoms. The Morgan fingerprint density at radius 2 is 1.42 bits per heavy atom. The van der Waals surface area contributed by atoms with Crippen LogP contribution in [-0.2, 0) is 15.6 Å². The molecular formula is C28H41N3O2. The van der Waals surface area contributed by atoms with E-state index in [-0.39, 0.29) is 16.9 Å². The molecule has 0 saturated carbocycles. The van der Waals surface area contributed by atoms with E-state index in [9.17, 15) is 4.79 Å². The summed E-state index contributed by atoms with van der Waals surface area (Å²) in [5.41, 5.74) is 5.68. The standard InChI is InChI=1S/C28H41N3O2/c1-26(2,3)22-11-10-20(18-23(22)27(4,5)6)24-19-21(12-13-29-24)30-14-16-31(17-15-30)25(32)33-28(7,8)9/h10-13,18-19H,14-17H2,1-9H3. The van der Waals surface area contributed by atoms with E-state index in [0.29, 0.717) is 13.1 Å². The van der Waals surface area contributed by atoms with Crippen LogP contribution in [0, 0.1) is 0 Å². The maximum absolute atomic E-state index is 12.4. The van der Waals surface area contributed by atoms with Crippen molar-refractivity contribution < 1.29 is 9.53 Å². The SMILES string of the molecule is CC(C)(C)OC(=O)N1CCN(c2ccnc(-c3ccc(C(C)(C)C)c(C(C)(C)C)c3)c2)CC1. The molecule has 1 aliphatic heterocycles. The number of nitrogens with zero attached hydrogens (tertiary/aromatic N) is 3. The molecule has 0 bridgehead atoms. The quantitative estimate of drug-likeness (QED) is 0.530. The van der Waals surface area contributed by atoms with E-state index in [2.05, 4.69) is 76.8 Å². The monoisotopic (exact) mass is 451 g/mol. The van der Waals surface area contributed by atoms with Crippen molar-refractivity contribution in [1.29, 1.82) is 0 Å². The fraction of sp³-hybridized carbons (Fsp3) is 0.571. The van der Waals surface area contributed by atoms with Gasteiger partial charge in [-0.2, -0.15) is 0 Å². The topological polar surface area (TPSA) is 45.7 Å². The summed E-state index contributed by atoms with van der Waals surface area (Å²) in [6.45, 7) is 22.2. The fourth-order valence-corrected chi connectivity index (χ4v) is 4.23. The molecule has 0 N–H and O–H groups in total. The van der Waals surface area contributed by atoms with Crippen molar-refractivity contribution in [2.45, 2.75) is 78.7 Å². The van der Waals surface area contributed by atoms with E-state index in [1.807, 2.05) is 27.0 Å². The molecule has 0 spiro atoms. The lowest BCUT2D eigenvalue weighted by Gasteiger charge is -2.36. The van der Waals surface area contributed by atoms with Gasteiger partial charge in [-0.1, -0.05) is 53.7 Å². The van der Waals surface area contributed by atoms with Crippen LogP contribution in [0.4, 0.5) is 10.5 Å². The number of pyridine rings is 1. The average Bonchev–Trinajstić information content (AvgIpc) is 2.71. The number of carbonyl (C=O) groups is 1. The minimum atomic E-state index is -0.470. The molecule has 0 unspecified atom stereocenters. The summed E-state index contributed by atoms with van der Waals surface area (Å²) >= 11 is 0. The number of amides is 1. The van der Waals surface area contributed by atoms with E-state index in [1.165, 1.54) is 11.1 Å². The van der Waals surface area contributed by atoms with Gasteiger partial charge in [-0.25, -0.2) is 4.79 Å². The van der Waals surface area contributed by atoms with Crippen LogP contribution in [-0.4, -0.2) is 47.8 Å². The lowest BCUT2D eigenvalue weighted by atomic mass is 9.74. The largest absolute Gasteiger partial charge is 0.444 e. The van der Waals surface area contributed by atoms with E-state index in [4.69, 9.17) is 9.72 Å². The zero-order valence-electron chi connectivity index (χ0n) is 22.0. The first kappa shape index (κ1) is 25.1. The van der Waals surface area contributed by atoms with Gasteiger partial charge in [-0.3, -0.25) is 4.98 Å². The Morgan fingerprint density at radius 3 is 1.97 bits per heavy atom. The Bertz CT molecular complexity index is 985. The smallest absolute Gasteiger partial charge is 0.410 e. The Hall–Kier alpha value is -2.56. The predicted molar refractivity (Wildman–Crippen MR) is 137 cm³/mol. The summed E-state index contributed by atoms with van der Waals surface area (Å²) in [6.07, 6.45) is 1.66. The van der Waals surface area contributed by atoms with Crippen LogP contribution in [0.2, 0.25) is 0 Å². The van der Waals surface area contributed by atoms with Crippen molar-refractivity contribution in [3.05, 3.63) is 47.7 Å². The normalized spacial score (nSPS) is 15.5. The minimum Gasteiger partial charge on any atom is -0.444 e. The molecule has 1 fully saturated rings. The van der Waals surface area contributed by atoms with Crippen molar-refractivity contribution >= 4 is 11.8 Å². The lowest BCUT2D eigenvalue weighted by Crippen LogP contribution is -2.50. The van der Waals surface area contributed by atoms with Gasteiger partial charge in [0, 0.05) is 43.6 Å². The predicted octanol–water partition coefficient (Wildman–Crippen LogP) is 6.40. The van der Waals surface area contributed by atoms with Gasteiger partial charge in [0.25, 0.3) is 0 Å². The van der Waals surface area contributed by atoms with Crippen LogP contribution in [0.5, 0.6) is 0 Å². The van der Waals surface area contributed by atoms with Crippen molar-refractivity contribution in [3.63, 3.8) is 0 Å².